The summed E-state index contributed by atoms with van der Waals surface area (Å²) in [5, 5.41) is 11.2. The summed E-state index contributed by atoms with van der Waals surface area (Å²) in [5.74, 6) is 1.13. The molecule has 1 atom stereocenters. The highest BCUT2D eigenvalue weighted by molar-refractivity contribution is 5.77. The van der Waals surface area contributed by atoms with E-state index in [1.54, 1.807) is 11.0 Å². The number of rotatable bonds is 5. The number of amidine groups is 1. The summed E-state index contributed by atoms with van der Waals surface area (Å²) in [6.45, 7) is 2.75. The van der Waals surface area contributed by atoms with Crippen molar-refractivity contribution in [3.05, 3.63) is 12.2 Å². The van der Waals surface area contributed by atoms with Crippen molar-refractivity contribution in [2.45, 2.75) is 25.9 Å². The summed E-state index contributed by atoms with van der Waals surface area (Å²) in [7, 11) is 3.86. The molecule has 3 N–H and O–H groups in total. The van der Waals surface area contributed by atoms with E-state index in [4.69, 9.17) is 11.1 Å². The molecule has 0 saturated heterocycles. The molecule has 0 bridgehead atoms. The lowest BCUT2D eigenvalue weighted by molar-refractivity contribution is 0.245. The van der Waals surface area contributed by atoms with E-state index in [-0.39, 0.29) is 11.9 Å². The maximum Gasteiger partial charge on any atom is 0.140 e. The number of hydrogen-bond acceptors (Lipinski definition) is 4. The maximum absolute atomic E-state index is 7.23. The summed E-state index contributed by atoms with van der Waals surface area (Å²) >= 11 is 0. The SMILES string of the molecule is CC(CC(=N)N)N(C)Cc1ncnn1C. The molecule has 15 heavy (non-hydrogen) atoms. The van der Waals surface area contributed by atoms with E-state index < -0.39 is 0 Å². The zero-order chi connectivity index (χ0) is 11.4. The van der Waals surface area contributed by atoms with Gasteiger partial charge in [-0.05, 0) is 14.0 Å². The van der Waals surface area contributed by atoms with Crippen LogP contribution in [0.2, 0.25) is 0 Å². The Balaban J connectivity index is 2.52. The van der Waals surface area contributed by atoms with Gasteiger partial charge in [0.05, 0.1) is 12.4 Å². The fourth-order valence-electron chi connectivity index (χ4n) is 1.32. The summed E-state index contributed by atoms with van der Waals surface area (Å²) in [5.41, 5.74) is 5.36. The minimum atomic E-state index is 0.215. The zero-order valence-electron chi connectivity index (χ0n) is 9.44. The van der Waals surface area contributed by atoms with Crippen LogP contribution < -0.4 is 5.73 Å². The second-order valence-corrected chi connectivity index (χ2v) is 3.79. The lowest BCUT2D eigenvalue weighted by Crippen LogP contribution is -2.33. The molecule has 0 aliphatic rings. The van der Waals surface area contributed by atoms with Gasteiger partial charge in [0, 0.05) is 19.5 Å². The molecule has 0 saturated carbocycles. The molecule has 1 aromatic heterocycles. The highest BCUT2D eigenvalue weighted by atomic mass is 15.3. The molecule has 1 rings (SSSR count). The maximum atomic E-state index is 7.23. The van der Waals surface area contributed by atoms with Crippen LogP contribution in [-0.2, 0) is 13.6 Å². The van der Waals surface area contributed by atoms with Gasteiger partial charge in [0.1, 0.15) is 12.2 Å². The van der Waals surface area contributed by atoms with Crippen molar-refractivity contribution >= 4 is 5.84 Å². The van der Waals surface area contributed by atoms with Crippen LogP contribution in [0.15, 0.2) is 6.33 Å². The van der Waals surface area contributed by atoms with Gasteiger partial charge in [-0.1, -0.05) is 0 Å². The Kier molecular flexibility index (Phi) is 3.79. The van der Waals surface area contributed by atoms with Crippen LogP contribution in [-0.4, -0.2) is 38.6 Å². The topological polar surface area (TPSA) is 83.8 Å². The second kappa shape index (κ2) is 4.88. The first-order valence-corrected chi connectivity index (χ1v) is 4.86. The number of aromatic nitrogens is 3. The van der Waals surface area contributed by atoms with Gasteiger partial charge >= 0.3 is 0 Å². The van der Waals surface area contributed by atoms with Crippen LogP contribution in [0.1, 0.15) is 19.2 Å². The minimum Gasteiger partial charge on any atom is -0.388 e. The zero-order valence-corrected chi connectivity index (χ0v) is 9.44. The van der Waals surface area contributed by atoms with Crippen molar-refractivity contribution in [1.29, 1.82) is 5.41 Å². The van der Waals surface area contributed by atoms with Crippen molar-refractivity contribution in [3.8, 4) is 0 Å². The van der Waals surface area contributed by atoms with Gasteiger partial charge in [-0.2, -0.15) is 5.10 Å². The van der Waals surface area contributed by atoms with Crippen LogP contribution >= 0.6 is 0 Å². The van der Waals surface area contributed by atoms with Gasteiger partial charge in [0.25, 0.3) is 0 Å². The van der Waals surface area contributed by atoms with E-state index in [2.05, 4.69) is 15.0 Å². The minimum absolute atomic E-state index is 0.215. The average molecular weight is 210 g/mol. The predicted octanol–water partition coefficient (Wildman–Crippen LogP) is -0.0385. The quantitative estimate of drug-likeness (QED) is 0.527. The van der Waals surface area contributed by atoms with Crippen molar-refractivity contribution in [3.63, 3.8) is 0 Å². The van der Waals surface area contributed by atoms with Crippen LogP contribution in [0.4, 0.5) is 0 Å². The highest BCUT2D eigenvalue weighted by Gasteiger charge is 2.12. The van der Waals surface area contributed by atoms with E-state index in [1.165, 1.54) is 0 Å². The molecule has 84 valence electrons. The number of nitrogens with one attached hydrogen (secondary N) is 1. The van der Waals surface area contributed by atoms with Crippen molar-refractivity contribution in [2.24, 2.45) is 12.8 Å². The fourth-order valence-corrected chi connectivity index (χ4v) is 1.32. The number of nitrogens with two attached hydrogens (primary N) is 1. The second-order valence-electron chi connectivity index (χ2n) is 3.79. The molecule has 0 amide bonds. The molecule has 6 nitrogen and oxygen atoms in total. The summed E-state index contributed by atoms with van der Waals surface area (Å²) in [4.78, 5) is 6.25. The van der Waals surface area contributed by atoms with Gasteiger partial charge in [-0.3, -0.25) is 15.0 Å². The molecule has 0 aromatic carbocycles. The van der Waals surface area contributed by atoms with E-state index in [1.807, 2.05) is 21.0 Å². The summed E-state index contributed by atoms with van der Waals surface area (Å²) in [6, 6.07) is 0.235. The summed E-state index contributed by atoms with van der Waals surface area (Å²) in [6.07, 6.45) is 2.12. The molecule has 1 unspecified atom stereocenters. The third kappa shape index (κ3) is 3.32. The van der Waals surface area contributed by atoms with Crippen LogP contribution in [0.5, 0.6) is 0 Å². The Morgan fingerprint density at radius 2 is 2.40 bits per heavy atom. The standard InChI is InChI=1S/C9H18N6/c1-7(4-8(10)11)14(2)5-9-12-6-13-15(9)3/h6-7H,4-5H2,1-3H3,(H3,10,11). The first kappa shape index (κ1) is 11.6. The Bertz CT molecular complexity index is 331. The lowest BCUT2D eigenvalue weighted by Gasteiger charge is -2.23. The first-order valence-electron chi connectivity index (χ1n) is 4.86. The average Bonchev–Trinajstić information content (AvgIpc) is 2.50. The van der Waals surface area contributed by atoms with Gasteiger partial charge in [0.2, 0.25) is 0 Å². The Morgan fingerprint density at radius 3 is 2.87 bits per heavy atom. The van der Waals surface area contributed by atoms with Crippen molar-refractivity contribution in [2.75, 3.05) is 7.05 Å². The highest BCUT2D eigenvalue weighted by Crippen LogP contribution is 2.05. The molecular weight excluding hydrogens is 192 g/mol. The van der Waals surface area contributed by atoms with E-state index >= 15 is 0 Å². The van der Waals surface area contributed by atoms with E-state index in [9.17, 15) is 0 Å². The summed E-state index contributed by atoms with van der Waals surface area (Å²) < 4.78 is 1.75. The smallest absolute Gasteiger partial charge is 0.140 e. The molecule has 0 radical (unpaired) electrons. The molecule has 1 aromatic rings. The first-order chi connectivity index (χ1) is 7.00. The third-order valence-electron chi connectivity index (χ3n) is 2.46. The fraction of sp³-hybridized carbons (Fsp3) is 0.667. The van der Waals surface area contributed by atoms with E-state index in [0.717, 1.165) is 5.82 Å². The number of nitrogens with zero attached hydrogens (tertiary/aromatic N) is 4. The Hall–Kier alpha value is -1.43. The van der Waals surface area contributed by atoms with Crippen LogP contribution in [0, 0.1) is 5.41 Å². The molecule has 1 heterocycles. The number of hydrogen-bond donors (Lipinski definition) is 2. The van der Waals surface area contributed by atoms with Crippen molar-refractivity contribution < 1.29 is 0 Å². The number of aryl methyl sites for hydroxylation is 1. The van der Waals surface area contributed by atoms with Gasteiger partial charge in [0.15, 0.2) is 0 Å². The van der Waals surface area contributed by atoms with E-state index in [0.29, 0.717) is 13.0 Å². The monoisotopic (exact) mass is 210 g/mol. The predicted molar refractivity (Wildman–Crippen MR) is 58.5 cm³/mol. The Morgan fingerprint density at radius 1 is 1.73 bits per heavy atom. The molecule has 6 heteroatoms. The van der Waals surface area contributed by atoms with Crippen LogP contribution in [0.3, 0.4) is 0 Å². The molecular formula is C9H18N6. The third-order valence-corrected chi connectivity index (χ3v) is 2.46. The van der Waals surface area contributed by atoms with Crippen molar-refractivity contribution in [1.82, 2.24) is 19.7 Å². The normalized spacial score (nSPS) is 13.1. The molecule has 0 aliphatic carbocycles. The largest absolute Gasteiger partial charge is 0.388 e. The molecule has 0 spiro atoms. The molecule has 0 aliphatic heterocycles. The molecule has 0 fully saturated rings. The van der Waals surface area contributed by atoms with Gasteiger partial charge in [-0.15, -0.1) is 0 Å². The van der Waals surface area contributed by atoms with Crippen LogP contribution in [0.25, 0.3) is 0 Å². The van der Waals surface area contributed by atoms with Gasteiger partial charge < -0.3 is 5.73 Å². The lowest BCUT2D eigenvalue weighted by atomic mass is 10.2. The Labute approximate surface area is 89.6 Å². The van der Waals surface area contributed by atoms with Gasteiger partial charge in [-0.25, -0.2) is 4.98 Å².